The zero-order valence-corrected chi connectivity index (χ0v) is 28.5. The summed E-state index contributed by atoms with van der Waals surface area (Å²) in [7, 11) is 0. The number of ether oxygens (including phenoxy) is 4. The zero-order valence-electron chi connectivity index (χ0n) is 28.5. The van der Waals surface area contributed by atoms with Gasteiger partial charge in [0.15, 0.2) is 0 Å². The average molecular weight is 683 g/mol. The third kappa shape index (κ3) is 21.5. The van der Waals surface area contributed by atoms with Crippen LogP contribution in [-0.2, 0) is 30.2 Å². The fourth-order valence-corrected chi connectivity index (χ4v) is 4.47. The van der Waals surface area contributed by atoms with Crippen LogP contribution in [-0.4, -0.2) is 106 Å². The van der Waals surface area contributed by atoms with E-state index in [2.05, 4.69) is 26.6 Å². The summed E-state index contributed by atoms with van der Waals surface area (Å²) in [6.45, 7) is 6.74. The summed E-state index contributed by atoms with van der Waals surface area (Å²) in [5.74, 6) is -0.0757. The molecule has 5 amide bonds. The van der Waals surface area contributed by atoms with E-state index in [4.69, 9.17) is 29.8 Å². The molecule has 0 fully saturated rings. The SMILES string of the molecule is CC(=O)N[C@@H](C)COC(=O)N[C@@H](CCCCN)COC(=O)N[C@H](COC(=O)N[C@H](COC(=O)NCCO)CC(C)C)Cc1ccccc1. The van der Waals surface area contributed by atoms with Crippen molar-refractivity contribution in [3.8, 4) is 0 Å². The highest BCUT2D eigenvalue weighted by Gasteiger charge is 2.22. The van der Waals surface area contributed by atoms with Crippen molar-refractivity contribution < 1.29 is 48.0 Å². The second-order valence-corrected chi connectivity index (χ2v) is 11.8. The summed E-state index contributed by atoms with van der Waals surface area (Å²) < 4.78 is 21.2. The van der Waals surface area contributed by atoms with Crippen LogP contribution in [0.25, 0.3) is 0 Å². The number of hydrogen-bond donors (Lipinski definition) is 7. The molecule has 0 radical (unpaired) electrons. The summed E-state index contributed by atoms with van der Waals surface area (Å²) in [5.41, 5.74) is 6.48. The maximum Gasteiger partial charge on any atom is 0.407 e. The van der Waals surface area contributed by atoms with Crippen molar-refractivity contribution in [3.05, 3.63) is 35.9 Å². The molecule has 0 heterocycles. The number of hydrogen-bond acceptors (Lipinski definition) is 11. The van der Waals surface area contributed by atoms with Gasteiger partial charge in [-0.1, -0.05) is 50.6 Å². The maximum absolute atomic E-state index is 12.9. The monoisotopic (exact) mass is 682 g/mol. The molecule has 0 saturated heterocycles. The first-order chi connectivity index (χ1) is 22.9. The molecule has 16 heteroatoms. The molecule has 1 aromatic rings. The van der Waals surface area contributed by atoms with Crippen LogP contribution in [0.3, 0.4) is 0 Å². The molecule has 0 aromatic heterocycles. The third-order valence-corrected chi connectivity index (χ3v) is 6.60. The Kier molecular flexibility index (Phi) is 21.6. The molecule has 0 aliphatic heterocycles. The minimum Gasteiger partial charge on any atom is -0.447 e. The summed E-state index contributed by atoms with van der Waals surface area (Å²) in [4.78, 5) is 61.0. The molecule has 4 atom stereocenters. The molecule has 272 valence electrons. The molecule has 1 rings (SSSR count). The van der Waals surface area contributed by atoms with Gasteiger partial charge in [-0.05, 0) is 50.6 Å². The number of aliphatic hydroxyl groups is 1. The van der Waals surface area contributed by atoms with E-state index in [1.54, 1.807) is 6.92 Å². The van der Waals surface area contributed by atoms with E-state index >= 15 is 0 Å². The second-order valence-electron chi connectivity index (χ2n) is 11.8. The van der Waals surface area contributed by atoms with Gasteiger partial charge in [0, 0.05) is 13.5 Å². The van der Waals surface area contributed by atoms with Crippen LogP contribution in [0.2, 0.25) is 0 Å². The maximum atomic E-state index is 12.9. The normalized spacial score (nSPS) is 13.2. The van der Waals surface area contributed by atoms with Gasteiger partial charge in [-0.15, -0.1) is 0 Å². The number of nitrogens with two attached hydrogens (primary N) is 1. The highest BCUT2D eigenvalue weighted by Crippen LogP contribution is 2.08. The molecule has 8 N–H and O–H groups in total. The molecular weight excluding hydrogens is 628 g/mol. The fraction of sp³-hybridized carbons (Fsp3) is 0.656. The van der Waals surface area contributed by atoms with Crippen LogP contribution in [0.4, 0.5) is 19.2 Å². The lowest BCUT2D eigenvalue weighted by Gasteiger charge is -2.23. The Morgan fingerprint density at radius 1 is 0.729 bits per heavy atom. The van der Waals surface area contributed by atoms with Gasteiger partial charge < -0.3 is 56.4 Å². The molecule has 0 aliphatic carbocycles. The Labute approximate surface area is 282 Å². The van der Waals surface area contributed by atoms with E-state index in [0.717, 1.165) is 5.56 Å². The Morgan fingerprint density at radius 2 is 1.27 bits per heavy atom. The third-order valence-electron chi connectivity index (χ3n) is 6.60. The summed E-state index contributed by atoms with van der Waals surface area (Å²) >= 11 is 0. The number of unbranched alkanes of at least 4 members (excludes halogenated alkanes) is 1. The van der Waals surface area contributed by atoms with Crippen LogP contribution >= 0.6 is 0 Å². The molecule has 0 unspecified atom stereocenters. The van der Waals surface area contributed by atoms with Gasteiger partial charge in [0.1, 0.15) is 26.4 Å². The molecule has 16 nitrogen and oxygen atoms in total. The number of amides is 5. The number of benzene rings is 1. The highest BCUT2D eigenvalue weighted by atomic mass is 16.6. The van der Waals surface area contributed by atoms with E-state index in [1.807, 2.05) is 44.2 Å². The molecule has 0 spiro atoms. The smallest absolute Gasteiger partial charge is 0.407 e. The lowest BCUT2D eigenvalue weighted by molar-refractivity contribution is -0.119. The second kappa shape index (κ2) is 24.8. The molecular formula is C32H54N6O10. The summed E-state index contributed by atoms with van der Waals surface area (Å²) in [6.07, 6.45) is -0.301. The summed E-state index contributed by atoms with van der Waals surface area (Å²) in [6, 6.07) is 7.14. The quantitative estimate of drug-likeness (QED) is 0.0690. The minimum atomic E-state index is -0.779. The van der Waals surface area contributed by atoms with Gasteiger partial charge in [0.2, 0.25) is 5.91 Å². The standard InChI is InChI=1S/C32H54N6O10/c1-22(2)16-27(20-46-29(41)34-14-15-39)37-31(43)48-21-28(17-25-10-6-5-7-11-25)38-32(44)47-19-26(12-8-9-13-33)36-30(42)45-18-23(3)35-24(4)40/h5-7,10-11,22-23,26-28,39H,8-9,12-21,33H2,1-4H3,(H,34,41)(H,35,40)(H,36,42)(H,37,43)(H,38,44)/t23-,26-,27-,28-/m0/s1. The van der Waals surface area contributed by atoms with Crippen molar-refractivity contribution in [1.82, 2.24) is 26.6 Å². The number of carbonyl (C=O) groups is 5. The lowest BCUT2D eigenvalue weighted by Crippen LogP contribution is -2.46. The first-order valence-electron chi connectivity index (χ1n) is 16.2. The average Bonchev–Trinajstić information content (AvgIpc) is 3.03. The lowest BCUT2D eigenvalue weighted by atomic mass is 10.0. The Balaban J connectivity index is 2.79. The zero-order chi connectivity index (χ0) is 35.7. The first-order valence-corrected chi connectivity index (χ1v) is 16.2. The Bertz CT molecular complexity index is 1090. The highest BCUT2D eigenvalue weighted by molar-refractivity contribution is 5.73. The van der Waals surface area contributed by atoms with Crippen LogP contribution in [0.5, 0.6) is 0 Å². The van der Waals surface area contributed by atoms with Crippen molar-refractivity contribution in [2.75, 3.05) is 46.1 Å². The number of rotatable bonds is 22. The first kappa shape index (κ1) is 41.7. The van der Waals surface area contributed by atoms with E-state index < -0.39 is 42.5 Å². The van der Waals surface area contributed by atoms with Crippen molar-refractivity contribution in [2.45, 2.75) is 84.0 Å². The van der Waals surface area contributed by atoms with E-state index in [9.17, 15) is 24.0 Å². The Hall–Kier alpha value is -4.31. The van der Waals surface area contributed by atoms with Crippen LogP contribution < -0.4 is 32.3 Å². The van der Waals surface area contributed by atoms with Gasteiger partial charge in [0.25, 0.3) is 0 Å². The number of carbonyl (C=O) groups excluding carboxylic acids is 5. The van der Waals surface area contributed by atoms with E-state index in [0.29, 0.717) is 38.6 Å². The van der Waals surface area contributed by atoms with Crippen molar-refractivity contribution in [2.24, 2.45) is 11.7 Å². The molecule has 1 aromatic carbocycles. The van der Waals surface area contributed by atoms with Gasteiger partial charge >= 0.3 is 24.4 Å². The Morgan fingerprint density at radius 3 is 1.85 bits per heavy atom. The molecule has 0 aliphatic rings. The number of nitrogens with one attached hydrogen (secondary N) is 5. The van der Waals surface area contributed by atoms with Crippen molar-refractivity contribution in [3.63, 3.8) is 0 Å². The number of aliphatic hydroxyl groups excluding tert-OH is 1. The van der Waals surface area contributed by atoms with E-state index in [-0.39, 0.29) is 57.4 Å². The van der Waals surface area contributed by atoms with Gasteiger partial charge in [-0.25, -0.2) is 19.2 Å². The van der Waals surface area contributed by atoms with E-state index in [1.165, 1.54) is 6.92 Å². The predicted molar refractivity (Wildman–Crippen MR) is 177 cm³/mol. The predicted octanol–water partition coefficient (Wildman–Crippen LogP) is 1.93. The fourth-order valence-electron chi connectivity index (χ4n) is 4.47. The van der Waals surface area contributed by atoms with Gasteiger partial charge in [0.05, 0.1) is 30.8 Å². The van der Waals surface area contributed by atoms with Crippen LogP contribution in [0.15, 0.2) is 30.3 Å². The van der Waals surface area contributed by atoms with Crippen LogP contribution in [0, 0.1) is 5.92 Å². The van der Waals surface area contributed by atoms with Crippen molar-refractivity contribution in [1.29, 1.82) is 0 Å². The van der Waals surface area contributed by atoms with Gasteiger partial charge in [-0.2, -0.15) is 0 Å². The molecule has 0 saturated carbocycles. The van der Waals surface area contributed by atoms with Crippen molar-refractivity contribution >= 4 is 30.3 Å². The molecule has 48 heavy (non-hydrogen) atoms. The minimum absolute atomic E-state index is 0.0395. The van der Waals surface area contributed by atoms with Gasteiger partial charge in [-0.3, -0.25) is 4.79 Å². The summed E-state index contributed by atoms with van der Waals surface area (Å²) in [5, 5.41) is 22.0. The largest absolute Gasteiger partial charge is 0.447 e. The number of alkyl carbamates (subject to hydrolysis) is 4. The molecule has 0 bridgehead atoms. The van der Waals surface area contributed by atoms with Crippen LogP contribution in [0.1, 0.15) is 58.9 Å². The topological polar surface area (TPSA) is 229 Å².